The summed E-state index contributed by atoms with van der Waals surface area (Å²) in [6.07, 6.45) is 1.44. The van der Waals surface area contributed by atoms with Gasteiger partial charge in [-0.25, -0.2) is 10.2 Å². The predicted octanol–water partition coefficient (Wildman–Crippen LogP) is 4.50. The average molecular weight is 483 g/mol. The van der Waals surface area contributed by atoms with Gasteiger partial charge < -0.3 is 18.9 Å². The first-order valence-corrected chi connectivity index (χ1v) is 10.7. The molecule has 1 amide bonds. The van der Waals surface area contributed by atoms with E-state index in [0.29, 0.717) is 40.0 Å². The molecule has 34 heavy (non-hydrogen) atoms. The molecule has 3 aromatic rings. The second-order valence-corrected chi connectivity index (χ2v) is 7.18. The highest BCUT2D eigenvalue weighted by Gasteiger charge is 2.13. The Hall–Kier alpha value is -4.04. The van der Waals surface area contributed by atoms with Gasteiger partial charge in [-0.1, -0.05) is 23.7 Å². The molecular weight excluding hydrogens is 460 g/mol. The van der Waals surface area contributed by atoms with Crippen LogP contribution >= 0.6 is 11.6 Å². The first-order chi connectivity index (χ1) is 16.5. The third kappa shape index (κ3) is 6.98. The number of esters is 1. The van der Waals surface area contributed by atoms with Crippen LogP contribution in [-0.4, -0.2) is 38.4 Å². The minimum absolute atomic E-state index is 0.245. The van der Waals surface area contributed by atoms with Crippen molar-refractivity contribution in [3.8, 4) is 23.0 Å². The van der Waals surface area contributed by atoms with Crippen molar-refractivity contribution in [2.75, 3.05) is 20.3 Å². The molecule has 0 radical (unpaired) electrons. The maximum absolute atomic E-state index is 12.5. The van der Waals surface area contributed by atoms with Gasteiger partial charge in [0.2, 0.25) is 0 Å². The van der Waals surface area contributed by atoms with E-state index in [2.05, 4.69) is 10.5 Å². The largest absolute Gasteiger partial charge is 0.497 e. The summed E-state index contributed by atoms with van der Waals surface area (Å²) in [6, 6.07) is 18.3. The van der Waals surface area contributed by atoms with Crippen molar-refractivity contribution < 1.29 is 28.5 Å². The summed E-state index contributed by atoms with van der Waals surface area (Å²) in [5.41, 5.74) is 3.37. The molecule has 0 spiro atoms. The van der Waals surface area contributed by atoms with Crippen LogP contribution in [0, 0.1) is 0 Å². The SMILES string of the molecule is CCOc1cc(C=NNC(=O)COc2ccccc2Cl)ccc1OC(=O)c1ccc(OC)cc1. The molecule has 176 valence electrons. The van der Waals surface area contributed by atoms with E-state index in [9.17, 15) is 9.59 Å². The fraction of sp³-hybridized carbons (Fsp3) is 0.160. The highest BCUT2D eigenvalue weighted by molar-refractivity contribution is 6.32. The third-order valence-corrected chi connectivity index (χ3v) is 4.71. The molecule has 0 atom stereocenters. The van der Waals surface area contributed by atoms with E-state index in [-0.39, 0.29) is 12.4 Å². The second kappa shape index (κ2) is 12.3. The van der Waals surface area contributed by atoms with E-state index in [1.165, 1.54) is 6.21 Å². The van der Waals surface area contributed by atoms with Gasteiger partial charge in [0.15, 0.2) is 18.1 Å². The molecule has 3 rings (SSSR count). The molecule has 0 aliphatic carbocycles. The van der Waals surface area contributed by atoms with Gasteiger partial charge in [-0.2, -0.15) is 5.10 Å². The molecule has 0 bridgehead atoms. The standard InChI is InChI=1S/C25H23ClN2O6/c1-3-32-23-14-17(15-27-28-24(29)16-33-21-7-5-4-6-20(21)26)8-13-22(23)34-25(30)18-9-11-19(31-2)12-10-18/h4-15H,3,16H2,1-2H3,(H,28,29). The Morgan fingerprint density at radius 1 is 0.971 bits per heavy atom. The fourth-order valence-electron chi connectivity index (χ4n) is 2.76. The Morgan fingerprint density at radius 3 is 2.44 bits per heavy atom. The van der Waals surface area contributed by atoms with E-state index < -0.39 is 11.9 Å². The minimum atomic E-state index is -0.532. The van der Waals surface area contributed by atoms with Gasteiger partial charge in [-0.15, -0.1) is 0 Å². The maximum Gasteiger partial charge on any atom is 0.343 e. The molecule has 0 saturated carbocycles. The zero-order valence-corrected chi connectivity index (χ0v) is 19.4. The second-order valence-electron chi connectivity index (χ2n) is 6.77. The Bertz CT molecular complexity index is 1160. The molecular formula is C25H23ClN2O6. The highest BCUT2D eigenvalue weighted by atomic mass is 35.5. The Labute approximate surface area is 202 Å². The number of carbonyl (C=O) groups is 2. The monoisotopic (exact) mass is 482 g/mol. The number of ether oxygens (including phenoxy) is 4. The molecule has 0 fully saturated rings. The van der Waals surface area contributed by atoms with Crippen LogP contribution in [0.25, 0.3) is 0 Å². The van der Waals surface area contributed by atoms with E-state index in [1.807, 2.05) is 6.92 Å². The lowest BCUT2D eigenvalue weighted by atomic mass is 10.2. The first kappa shape index (κ1) is 24.6. The Kier molecular flexibility index (Phi) is 8.88. The predicted molar refractivity (Wildman–Crippen MR) is 128 cm³/mol. The molecule has 0 aromatic heterocycles. The van der Waals surface area contributed by atoms with Gasteiger partial charge in [0.05, 0.1) is 30.5 Å². The summed E-state index contributed by atoms with van der Waals surface area (Å²) in [6.45, 7) is 1.93. The molecule has 3 aromatic carbocycles. The molecule has 0 heterocycles. The van der Waals surface area contributed by atoms with Crippen LogP contribution in [0.3, 0.4) is 0 Å². The molecule has 1 N–H and O–H groups in total. The normalized spacial score (nSPS) is 10.6. The number of amides is 1. The third-order valence-electron chi connectivity index (χ3n) is 4.39. The number of hydrogen-bond acceptors (Lipinski definition) is 7. The average Bonchev–Trinajstić information content (AvgIpc) is 2.85. The number of methoxy groups -OCH3 is 1. The summed E-state index contributed by atoms with van der Waals surface area (Å²) >= 11 is 5.99. The maximum atomic E-state index is 12.5. The van der Waals surface area contributed by atoms with Gasteiger partial charge in [-0.05, 0) is 67.1 Å². The number of rotatable bonds is 10. The smallest absolute Gasteiger partial charge is 0.343 e. The van der Waals surface area contributed by atoms with Crippen molar-refractivity contribution in [2.24, 2.45) is 5.10 Å². The lowest BCUT2D eigenvalue weighted by molar-refractivity contribution is -0.123. The zero-order valence-electron chi connectivity index (χ0n) is 18.6. The summed E-state index contributed by atoms with van der Waals surface area (Å²) < 4.78 is 21.5. The number of carbonyl (C=O) groups excluding carboxylic acids is 2. The van der Waals surface area contributed by atoms with Crippen LogP contribution < -0.4 is 24.4 Å². The number of nitrogens with one attached hydrogen (secondary N) is 1. The quantitative estimate of drug-likeness (QED) is 0.198. The lowest BCUT2D eigenvalue weighted by Crippen LogP contribution is -2.24. The van der Waals surface area contributed by atoms with Gasteiger partial charge in [-0.3, -0.25) is 4.79 Å². The van der Waals surface area contributed by atoms with Crippen molar-refractivity contribution in [3.63, 3.8) is 0 Å². The van der Waals surface area contributed by atoms with Crippen molar-refractivity contribution in [2.45, 2.75) is 6.92 Å². The van der Waals surface area contributed by atoms with Crippen LogP contribution in [0.4, 0.5) is 0 Å². The summed E-state index contributed by atoms with van der Waals surface area (Å²) in [4.78, 5) is 24.4. The van der Waals surface area contributed by atoms with Gasteiger partial charge in [0.25, 0.3) is 5.91 Å². The Morgan fingerprint density at radius 2 is 1.74 bits per heavy atom. The number of para-hydroxylation sites is 1. The summed E-state index contributed by atoms with van der Waals surface area (Å²) in [7, 11) is 1.55. The Balaban J connectivity index is 1.60. The number of hydrazone groups is 1. The number of halogens is 1. The first-order valence-electron chi connectivity index (χ1n) is 10.3. The van der Waals surface area contributed by atoms with Gasteiger partial charge in [0.1, 0.15) is 11.5 Å². The van der Waals surface area contributed by atoms with E-state index in [4.69, 9.17) is 30.5 Å². The van der Waals surface area contributed by atoms with E-state index in [0.717, 1.165) is 0 Å². The van der Waals surface area contributed by atoms with E-state index in [1.54, 1.807) is 73.8 Å². The van der Waals surface area contributed by atoms with Crippen molar-refractivity contribution in [1.29, 1.82) is 0 Å². The molecule has 0 saturated heterocycles. The lowest BCUT2D eigenvalue weighted by Gasteiger charge is -2.11. The van der Waals surface area contributed by atoms with Gasteiger partial charge >= 0.3 is 5.97 Å². The summed E-state index contributed by atoms with van der Waals surface area (Å²) in [5, 5.41) is 4.33. The van der Waals surface area contributed by atoms with Crippen molar-refractivity contribution in [1.82, 2.24) is 5.43 Å². The topological polar surface area (TPSA) is 95.5 Å². The molecule has 0 aliphatic heterocycles. The van der Waals surface area contributed by atoms with Crippen LogP contribution in [0.2, 0.25) is 5.02 Å². The van der Waals surface area contributed by atoms with Gasteiger partial charge in [0, 0.05) is 0 Å². The molecule has 0 unspecified atom stereocenters. The van der Waals surface area contributed by atoms with Crippen LogP contribution in [0.1, 0.15) is 22.8 Å². The summed E-state index contributed by atoms with van der Waals surface area (Å²) in [5.74, 6) is 0.683. The minimum Gasteiger partial charge on any atom is -0.497 e. The van der Waals surface area contributed by atoms with Crippen LogP contribution in [0.15, 0.2) is 71.8 Å². The van der Waals surface area contributed by atoms with Crippen molar-refractivity contribution in [3.05, 3.63) is 82.9 Å². The molecule has 8 nitrogen and oxygen atoms in total. The zero-order chi connectivity index (χ0) is 24.3. The molecule has 0 aliphatic rings. The number of hydrogen-bond donors (Lipinski definition) is 1. The van der Waals surface area contributed by atoms with Crippen LogP contribution in [0.5, 0.6) is 23.0 Å². The van der Waals surface area contributed by atoms with E-state index >= 15 is 0 Å². The van der Waals surface area contributed by atoms with Crippen LogP contribution in [-0.2, 0) is 4.79 Å². The van der Waals surface area contributed by atoms with Crippen molar-refractivity contribution >= 4 is 29.7 Å². The number of nitrogens with zero attached hydrogens (tertiary/aromatic N) is 1. The number of benzene rings is 3. The fourth-order valence-corrected chi connectivity index (χ4v) is 2.95. The highest BCUT2D eigenvalue weighted by Crippen LogP contribution is 2.29. The molecule has 9 heteroatoms.